The van der Waals surface area contributed by atoms with Crippen molar-refractivity contribution >= 4 is 17.1 Å². The van der Waals surface area contributed by atoms with Crippen LogP contribution in [0.25, 0.3) is 0 Å². The van der Waals surface area contributed by atoms with Gasteiger partial charge < -0.3 is 0 Å². The molecule has 0 radical (unpaired) electrons. The first-order valence-corrected chi connectivity index (χ1v) is 5.93. The Hall–Kier alpha value is -0.670. The van der Waals surface area contributed by atoms with Gasteiger partial charge in [0.2, 0.25) is 0 Å². The zero-order valence-electron chi connectivity index (χ0n) is 8.40. The molecule has 0 N–H and O–H groups in total. The van der Waals surface area contributed by atoms with Crippen LogP contribution in [0.2, 0.25) is 0 Å². The Bertz CT molecular complexity index is 307. The number of nitrogens with zero attached hydrogens (tertiary/aromatic N) is 1. The molecule has 1 fully saturated rings. The van der Waals surface area contributed by atoms with Crippen molar-refractivity contribution in [1.82, 2.24) is 4.90 Å². The van der Waals surface area contributed by atoms with E-state index in [9.17, 15) is 4.79 Å². The zero-order chi connectivity index (χ0) is 9.97. The highest BCUT2D eigenvalue weighted by Gasteiger charge is 2.25. The first-order valence-electron chi connectivity index (χ1n) is 4.99. The van der Waals surface area contributed by atoms with Crippen LogP contribution in [0.4, 0.5) is 0 Å². The van der Waals surface area contributed by atoms with Crippen molar-refractivity contribution in [1.29, 1.82) is 0 Å². The van der Waals surface area contributed by atoms with E-state index < -0.39 is 0 Å². The van der Waals surface area contributed by atoms with Crippen LogP contribution in [0.5, 0.6) is 0 Å². The third kappa shape index (κ3) is 2.22. The number of rotatable bonds is 3. The molecule has 0 aromatic carbocycles. The molecule has 3 heteroatoms. The van der Waals surface area contributed by atoms with Crippen LogP contribution in [-0.2, 0) is 11.3 Å². The van der Waals surface area contributed by atoms with Crippen LogP contribution in [0.1, 0.15) is 24.8 Å². The summed E-state index contributed by atoms with van der Waals surface area (Å²) in [6.07, 6.45) is 2.57. The van der Waals surface area contributed by atoms with E-state index in [0.29, 0.717) is 11.8 Å². The van der Waals surface area contributed by atoms with Gasteiger partial charge in [-0.15, -0.1) is 0 Å². The molecule has 1 atom stereocenters. The third-order valence-electron chi connectivity index (χ3n) is 2.86. The molecule has 1 aromatic rings. The molecule has 1 aliphatic carbocycles. The van der Waals surface area contributed by atoms with Gasteiger partial charge in [0.15, 0.2) is 0 Å². The van der Waals surface area contributed by atoms with E-state index in [-0.39, 0.29) is 0 Å². The number of Topliss-reactive ketones (excluding diaryl/α,β-unsaturated/α-hetero) is 1. The van der Waals surface area contributed by atoms with Gasteiger partial charge >= 0.3 is 0 Å². The highest BCUT2D eigenvalue weighted by molar-refractivity contribution is 7.07. The summed E-state index contributed by atoms with van der Waals surface area (Å²) in [6.45, 7) is 0.974. The molecule has 76 valence electrons. The number of carbonyl (C=O) groups excluding carboxylic acids is 1. The lowest BCUT2D eigenvalue weighted by Crippen LogP contribution is -2.28. The second kappa shape index (κ2) is 4.24. The maximum atomic E-state index is 11.1. The second-order valence-corrected chi connectivity index (χ2v) is 4.76. The van der Waals surface area contributed by atoms with E-state index in [2.05, 4.69) is 28.8 Å². The second-order valence-electron chi connectivity index (χ2n) is 3.98. The summed E-state index contributed by atoms with van der Waals surface area (Å²) in [4.78, 5) is 13.4. The van der Waals surface area contributed by atoms with Crippen LogP contribution >= 0.6 is 11.3 Å². The number of hydrogen-bond acceptors (Lipinski definition) is 3. The van der Waals surface area contributed by atoms with E-state index in [1.807, 2.05) is 0 Å². The van der Waals surface area contributed by atoms with E-state index in [1.54, 1.807) is 11.3 Å². The van der Waals surface area contributed by atoms with Crippen LogP contribution in [-0.4, -0.2) is 23.8 Å². The van der Waals surface area contributed by atoms with Crippen LogP contribution < -0.4 is 0 Å². The van der Waals surface area contributed by atoms with Crippen molar-refractivity contribution in [2.75, 3.05) is 7.05 Å². The molecular weight excluding hydrogens is 194 g/mol. The smallest absolute Gasteiger partial charge is 0.134 e. The van der Waals surface area contributed by atoms with Gasteiger partial charge in [0.05, 0.1) is 0 Å². The molecule has 1 aliphatic rings. The molecule has 2 rings (SSSR count). The summed E-state index contributed by atoms with van der Waals surface area (Å²) in [5.41, 5.74) is 1.36. The van der Waals surface area contributed by atoms with Gasteiger partial charge in [0.1, 0.15) is 5.78 Å². The lowest BCUT2D eigenvalue weighted by molar-refractivity contribution is -0.117. The van der Waals surface area contributed by atoms with Crippen molar-refractivity contribution in [3.05, 3.63) is 22.4 Å². The lowest BCUT2D eigenvalue weighted by Gasteiger charge is -2.22. The molecular formula is C11H15NOS. The minimum absolute atomic E-state index is 0.423. The van der Waals surface area contributed by atoms with Crippen molar-refractivity contribution < 1.29 is 4.79 Å². The monoisotopic (exact) mass is 209 g/mol. The molecule has 1 unspecified atom stereocenters. The average Bonchev–Trinajstić information content (AvgIpc) is 2.75. The summed E-state index contributed by atoms with van der Waals surface area (Å²) < 4.78 is 0. The summed E-state index contributed by atoms with van der Waals surface area (Å²) in [5, 5.41) is 4.27. The van der Waals surface area contributed by atoms with E-state index >= 15 is 0 Å². The molecule has 0 aliphatic heterocycles. The fourth-order valence-electron chi connectivity index (χ4n) is 1.97. The van der Waals surface area contributed by atoms with Gasteiger partial charge in [-0.05, 0) is 35.9 Å². The topological polar surface area (TPSA) is 20.3 Å². The van der Waals surface area contributed by atoms with Crippen LogP contribution in [0, 0.1) is 0 Å². The summed E-state index contributed by atoms with van der Waals surface area (Å²) in [6, 6.07) is 2.63. The average molecular weight is 209 g/mol. The first-order chi connectivity index (χ1) is 6.75. The van der Waals surface area contributed by atoms with Gasteiger partial charge in [-0.25, -0.2) is 0 Å². The minimum atomic E-state index is 0.423. The Morgan fingerprint density at radius 2 is 2.50 bits per heavy atom. The Morgan fingerprint density at radius 3 is 3.07 bits per heavy atom. The van der Waals surface area contributed by atoms with Gasteiger partial charge in [-0.1, -0.05) is 0 Å². The Balaban J connectivity index is 1.89. The van der Waals surface area contributed by atoms with Crippen LogP contribution in [0.3, 0.4) is 0 Å². The summed E-state index contributed by atoms with van der Waals surface area (Å²) in [5.74, 6) is 0.423. The molecule has 14 heavy (non-hydrogen) atoms. The van der Waals surface area contributed by atoms with Crippen LogP contribution in [0.15, 0.2) is 16.8 Å². The standard InChI is InChI=1S/C11H15NOS/c1-12(7-9-4-5-14-8-9)10-2-3-11(13)6-10/h4-5,8,10H,2-3,6-7H2,1H3. The third-order valence-corrected chi connectivity index (χ3v) is 3.59. The fraction of sp³-hybridized carbons (Fsp3) is 0.545. The van der Waals surface area contributed by atoms with Gasteiger partial charge in [-0.3, -0.25) is 9.69 Å². The molecule has 0 spiro atoms. The normalized spacial score (nSPS) is 22.1. The van der Waals surface area contributed by atoms with E-state index in [1.165, 1.54) is 5.56 Å². The van der Waals surface area contributed by atoms with E-state index in [0.717, 1.165) is 25.8 Å². The largest absolute Gasteiger partial charge is 0.300 e. The molecule has 2 nitrogen and oxygen atoms in total. The Morgan fingerprint density at radius 1 is 1.64 bits per heavy atom. The van der Waals surface area contributed by atoms with Crippen molar-refractivity contribution in [2.45, 2.75) is 31.8 Å². The fourth-order valence-corrected chi connectivity index (χ4v) is 2.63. The number of hydrogen-bond donors (Lipinski definition) is 0. The molecule has 0 amide bonds. The minimum Gasteiger partial charge on any atom is -0.300 e. The highest BCUT2D eigenvalue weighted by Crippen LogP contribution is 2.21. The van der Waals surface area contributed by atoms with Gasteiger partial charge in [0, 0.05) is 25.4 Å². The maximum absolute atomic E-state index is 11.1. The summed E-state index contributed by atoms with van der Waals surface area (Å²) >= 11 is 1.73. The molecule has 0 saturated heterocycles. The van der Waals surface area contributed by atoms with Gasteiger partial charge in [-0.2, -0.15) is 11.3 Å². The molecule has 1 heterocycles. The maximum Gasteiger partial charge on any atom is 0.134 e. The molecule has 0 bridgehead atoms. The first kappa shape index (κ1) is 9.87. The zero-order valence-corrected chi connectivity index (χ0v) is 9.22. The van der Waals surface area contributed by atoms with Gasteiger partial charge in [0.25, 0.3) is 0 Å². The van der Waals surface area contributed by atoms with Crippen molar-refractivity contribution in [3.63, 3.8) is 0 Å². The summed E-state index contributed by atoms with van der Waals surface area (Å²) in [7, 11) is 2.11. The number of carbonyl (C=O) groups is 1. The van der Waals surface area contributed by atoms with E-state index in [4.69, 9.17) is 0 Å². The Labute approximate surface area is 88.5 Å². The predicted molar refractivity (Wildman–Crippen MR) is 58.4 cm³/mol. The van der Waals surface area contributed by atoms with Crippen molar-refractivity contribution in [3.8, 4) is 0 Å². The highest BCUT2D eigenvalue weighted by atomic mass is 32.1. The number of ketones is 1. The number of thiophene rings is 1. The molecule has 1 saturated carbocycles. The lowest BCUT2D eigenvalue weighted by atomic mass is 10.2. The predicted octanol–water partition coefficient (Wildman–Crippen LogP) is 2.30. The Kier molecular flexibility index (Phi) is 2.99. The SMILES string of the molecule is CN(Cc1ccsc1)C1CCC(=O)C1. The van der Waals surface area contributed by atoms with Crippen molar-refractivity contribution in [2.24, 2.45) is 0 Å². The quantitative estimate of drug-likeness (QED) is 0.761. The molecule has 1 aromatic heterocycles.